The van der Waals surface area contributed by atoms with Gasteiger partial charge in [0.2, 0.25) is 17.7 Å². The summed E-state index contributed by atoms with van der Waals surface area (Å²) in [7, 11) is 0. The summed E-state index contributed by atoms with van der Waals surface area (Å²) in [5.41, 5.74) is 0. The maximum atomic E-state index is 12.2. The minimum absolute atomic E-state index is 0.00942. The van der Waals surface area contributed by atoms with Crippen molar-refractivity contribution in [1.82, 2.24) is 16.0 Å². The molecule has 44 heavy (non-hydrogen) atoms. The molecule has 0 aromatic rings. The highest BCUT2D eigenvalue weighted by Gasteiger charge is 2.20. The number of ether oxygens (including phenoxy) is 2. The Morgan fingerprint density at radius 2 is 1.11 bits per heavy atom. The van der Waals surface area contributed by atoms with Gasteiger partial charge in [-0.15, -0.1) is 0 Å². The first-order chi connectivity index (χ1) is 21.3. The molecule has 0 aliphatic rings. The third kappa shape index (κ3) is 29.3. The van der Waals surface area contributed by atoms with Crippen LogP contribution in [0.4, 0.5) is 0 Å². The molecule has 0 aromatic carbocycles. The second-order valence-corrected chi connectivity index (χ2v) is 11.2. The topological polar surface area (TPSA) is 180 Å². The fourth-order valence-corrected chi connectivity index (χ4v) is 4.59. The van der Waals surface area contributed by atoms with Crippen molar-refractivity contribution in [2.75, 3.05) is 39.5 Å². The number of nitrogens with one attached hydrogen (secondary N) is 3. The van der Waals surface area contributed by atoms with Gasteiger partial charge in [0.05, 0.1) is 19.8 Å². The Labute approximate surface area is 263 Å². The van der Waals surface area contributed by atoms with E-state index in [-0.39, 0.29) is 64.0 Å². The first-order valence-corrected chi connectivity index (χ1v) is 16.7. The van der Waals surface area contributed by atoms with Gasteiger partial charge in [-0.25, -0.2) is 4.79 Å². The van der Waals surface area contributed by atoms with E-state index < -0.39 is 30.4 Å². The van der Waals surface area contributed by atoms with Crippen LogP contribution in [0.3, 0.4) is 0 Å². The zero-order valence-corrected chi connectivity index (χ0v) is 27.0. The average Bonchev–Trinajstić information content (AvgIpc) is 2.99. The van der Waals surface area contributed by atoms with E-state index in [1.807, 2.05) is 0 Å². The minimum atomic E-state index is -1.17. The number of unbranched alkanes of at least 4 members (excludes halogenated alkanes) is 15. The SMILES string of the molecule is CCCCCCCCCCCCCCCCCCC(=O)NC(CCC(=O)NCCOCCOCC(=O)NCC(=O)O)C(=O)O. The van der Waals surface area contributed by atoms with Crippen molar-refractivity contribution in [3.8, 4) is 0 Å². The van der Waals surface area contributed by atoms with Crippen LogP contribution in [0.15, 0.2) is 0 Å². The highest BCUT2D eigenvalue weighted by atomic mass is 16.5. The van der Waals surface area contributed by atoms with Crippen LogP contribution < -0.4 is 16.0 Å². The van der Waals surface area contributed by atoms with E-state index in [2.05, 4.69) is 22.9 Å². The molecule has 0 fully saturated rings. The number of rotatable bonds is 32. The third-order valence-corrected chi connectivity index (χ3v) is 7.16. The number of hydrogen-bond donors (Lipinski definition) is 5. The molecule has 256 valence electrons. The molecule has 0 radical (unpaired) electrons. The number of amides is 3. The van der Waals surface area contributed by atoms with Crippen molar-refractivity contribution < 1.29 is 43.7 Å². The van der Waals surface area contributed by atoms with E-state index >= 15 is 0 Å². The Morgan fingerprint density at radius 1 is 0.591 bits per heavy atom. The van der Waals surface area contributed by atoms with Crippen LogP contribution in [0.5, 0.6) is 0 Å². The molecule has 5 N–H and O–H groups in total. The lowest BCUT2D eigenvalue weighted by Gasteiger charge is -2.14. The maximum Gasteiger partial charge on any atom is 0.326 e. The van der Waals surface area contributed by atoms with Crippen molar-refractivity contribution in [1.29, 1.82) is 0 Å². The van der Waals surface area contributed by atoms with Gasteiger partial charge in [-0.3, -0.25) is 19.2 Å². The van der Waals surface area contributed by atoms with Gasteiger partial charge < -0.3 is 35.6 Å². The molecular formula is C32H59N3O9. The zero-order chi connectivity index (χ0) is 32.7. The number of carbonyl (C=O) groups excluding carboxylic acids is 3. The van der Waals surface area contributed by atoms with Gasteiger partial charge in [0.1, 0.15) is 19.2 Å². The summed E-state index contributed by atoms with van der Waals surface area (Å²) in [5, 5.41) is 25.2. The molecule has 1 unspecified atom stereocenters. The Bertz CT molecular complexity index is 780. The van der Waals surface area contributed by atoms with Crippen LogP contribution in [0.25, 0.3) is 0 Å². The molecule has 0 aliphatic carbocycles. The van der Waals surface area contributed by atoms with Gasteiger partial charge in [0.15, 0.2) is 0 Å². The maximum absolute atomic E-state index is 12.2. The number of carboxylic acid groups (broad SMARTS) is 2. The molecule has 0 heterocycles. The summed E-state index contributed by atoms with van der Waals surface area (Å²) in [5.74, 6) is -3.52. The highest BCUT2D eigenvalue weighted by Crippen LogP contribution is 2.14. The molecule has 0 aromatic heterocycles. The van der Waals surface area contributed by atoms with E-state index in [1.54, 1.807) is 0 Å². The van der Waals surface area contributed by atoms with Crippen LogP contribution in [-0.4, -0.2) is 85.4 Å². The fraction of sp³-hybridized carbons (Fsp3) is 0.844. The van der Waals surface area contributed by atoms with Gasteiger partial charge in [-0.05, 0) is 12.8 Å². The lowest BCUT2D eigenvalue weighted by molar-refractivity contribution is -0.142. The summed E-state index contributed by atoms with van der Waals surface area (Å²) < 4.78 is 10.3. The molecule has 0 spiro atoms. The summed E-state index contributed by atoms with van der Waals surface area (Å²) in [6, 6.07) is -1.12. The third-order valence-electron chi connectivity index (χ3n) is 7.16. The van der Waals surface area contributed by atoms with Crippen molar-refractivity contribution in [3.63, 3.8) is 0 Å². The van der Waals surface area contributed by atoms with Crippen LogP contribution in [-0.2, 0) is 33.4 Å². The summed E-state index contributed by atoms with van der Waals surface area (Å²) in [6.45, 7) is 2.19. The Hall–Kier alpha value is -2.73. The van der Waals surface area contributed by atoms with E-state index in [0.29, 0.717) is 0 Å². The van der Waals surface area contributed by atoms with Gasteiger partial charge >= 0.3 is 11.9 Å². The zero-order valence-electron chi connectivity index (χ0n) is 27.0. The monoisotopic (exact) mass is 629 g/mol. The van der Waals surface area contributed by atoms with E-state index in [1.165, 1.54) is 83.5 Å². The summed E-state index contributed by atoms with van der Waals surface area (Å²) in [6.07, 6.45) is 20.2. The number of carbonyl (C=O) groups is 5. The normalized spacial score (nSPS) is 11.6. The molecule has 0 saturated heterocycles. The number of aliphatic carboxylic acids is 2. The molecule has 0 saturated carbocycles. The second kappa shape index (κ2) is 30.3. The van der Waals surface area contributed by atoms with E-state index in [9.17, 15) is 29.1 Å². The minimum Gasteiger partial charge on any atom is -0.480 e. The molecule has 0 aliphatic heterocycles. The van der Waals surface area contributed by atoms with Crippen molar-refractivity contribution in [2.24, 2.45) is 0 Å². The van der Waals surface area contributed by atoms with Gasteiger partial charge in [0, 0.05) is 19.4 Å². The fourth-order valence-electron chi connectivity index (χ4n) is 4.59. The van der Waals surface area contributed by atoms with E-state index in [0.717, 1.165) is 19.3 Å². The molecule has 0 rings (SSSR count). The van der Waals surface area contributed by atoms with Crippen LogP contribution in [0, 0.1) is 0 Å². The van der Waals surface area contributed by atoms with Crippen LogP contribution in [0.2, 0.25) is 0 Å². The van der Waals surface area contributed by atoms with Crippen LogP contribution >= 0.6 is 0 Å². The van der Waals surface area contributed by atoms with Gasteiger partial charge in [-0.2, -0.15) is 0 Å². The van der Waals surface area contributed by atoms with Crippen LogP contribution in [0.1, 0.15) is 129 Å². The van der Waals surface area contributed by atoms with Crippen molar-refractivity contribution in [2.45, 2.75) is 135 Å². The first kappa shape index (κ1) is 41.3. The Kier molecular flexibility index (Phi) is 28.4. The number of carboxylic acids is 2. The van der Waals surface area contributed by atoms with Crippen molar-refractivity contribution in [3.05, 3.63) is 0 Å². The Balaban J connectivity index is 3.69. The summed E-state index contributed by atoms with van der Waals surface area (Å²) >= 11 is 0. The molecule has 12 heteroatoms. The smallest absolute Gasteiger partial charge is 0.326 e. The van der Waals surface area contributed by atoms with Gasteiger partial charge in [-0.1, -0.05) is 103 Å². The quantitative estimate of drug-likeness (QED) is 0.0677. The summed E-state index contributed by atoms with van der Waals surface area (Å²) in [4.78, 5) is 57.4. The lowest BCUT2D eigenvalue weighted by atomic mass is 10.0. The predicted octanol–water partition coefficient (Wildman–Crippen LogP) is 4.34. The molecule has 0 bridgehead atoms. The van der Waals surface area contributed by atoms with Gasteiger partial charge in [0.25, 0.3) is 0 Å². The predicted molar refractivity (Wildman–Crippen MR) is 168 cm³/mol. The molecule has 12 nitrogen and oxygen atoms in total. The average molecular weight is 630 g/mol. The molecule has 1 atom stereocenters. The Morgan fingerprint density at radius 3 is 1.64 bits per heavy atom. The van der Waals surface area contributed by atoms with E-state index in [4.69, 9.17) is 14.6 Å². The molecular weight excluding hydrogens is 570 g/mol. The standard InChI is InChI=1S/C32H59N3O9/c1-2-3-4-5-6-7-8-9-10-11-12-13-14-15-16-17-18-29(37)35-27(32(41)42)19-20-28(36)33-21-22-43-23-24-44-26-30(38)34-25-31(39)40/h27H,2-26H2,1H3,(H,33,36)(H,34,38)(H,35,37)(H,39,40)(H,41,42). The lowest BCUT2D eigenvalue weighted by Crippen LogP contribution is -2.41. The largest absolute Gasteiger partial charge is 0.480 e. The molecule has 3 amide bonds. The second-order valence-electron chi connectivity index (χ2n) is 11.2. The first-order valence-electron chi connectivity index (χ1n) is 16.7. The highest BCUT2D eigenvalue weighted by molar-refractivity contribution is 5.84. The van der Waals surface area contributed by atoms with Crippen molar-refractivity contribution >= 4 is 29.7 Å². The number of hydrogen-bond acceptors (Lipinski definition) is 7.